The van der Waals surface area contributed by atoms with Crippen LogP contribution in [0.15, 0.2) is 18.2 Å². The molecule has 1 aliphatic heterocycles. The summed E-state index contributed by atoms with van der Waals surface area (Å²) in [5.74, 6) is -0.932. The summed E-state index contributed by atoms with van der Waals surface area (Å²) >= 11 is 0. The quantitative estimate of drug-likeness (QED) is 0.657. The molecule has 1 heterocycles. The Morgan fingerprint density at radius 1 is 1.53 bits per heavy atom. The van der Waals surface area contributed by atoms with Crippen LogP contribution in [0.5, 0.6) is 0 Å². The van der Waals surface area contributed by atoms with Crippen LogP contribution in [0.1, 0.15) is 16.8 Å². The Labute approximate surface area is 109 Å². The number of amides is 1. The molecule has 6 nitrogen and oxygen atoms in total. The zero-order chi connectivity index (χ0) is 14.0. The average molecular weight is 267 g/mol. The molecule has 2 N–H and O–H groups in total. The van der Waals surface area contributed by atoms with E-state index in [-0.39, 0.29) is 11.5 Å². The molecule has 102 valence electrons. The Morgan fingerprint density at radius 2 is 2.26 bits per heavy atom. The molecule has 0 radical (unpaired) electrons. The summed E-state index contributed by atoms with van der Waals surface area (Å²) in [6, 6.07) is 2.91. The number of nitro benzene ring substituents is 1. The van der Waals surface area contributed by atoms with Gasteiger partial charge in [0.05, 0.1) is 11.0 Å². The van der Waals surface area contributed by atoms with Gasteiger partial charge in [0.1, 0.15) is 5.82 Å². The monoisotopic (exact) mass is 267 g/mol. The molecule has 1 saturated heterocycles. The SMILES string of the molecule is NCC1CCN(C(=O)c2cc(F)cc([N+](=O)[O-])c2)C1. The topological polar surface area (TPSA) is 89.5 Å². The fraction of sp³-hybridized carbons (Fsp3) is 0.417. The highest BCUT2D eigenvalue weighted by Crippen LogP contribution is 2.21. The first-order valence-electron chi connectivity index (χ1n) is 5.95. The van der Waals surface area contributed by atoms with Gasteiger partial charge in [-0.15, -0.1) is 0 Å². The minimum absolute atomic E-state index is 0.00405. The molecule has 0 aliphatic carbocycles. The van der Waals surface area contributed by atoms with Gasteiger partial charge < -0.3 is 10.6 Å². The van der Waals surface area contributed by atoms with Crippen LogP contribution in [0.3, 0.4) is 0 Å². The number of carbonyl (C=O) groups excluding carboxylic acids is 1. The third kappa shape index (κ3) is 2.87. The minimum Gasteiger partial charge on any atom is -0.338 e. The Kier molecular flexibility index (Phi) is 3.75. The predicted molar refractivity (Wildman–Crippen MR) is 66.1 cm³/mol. The third-order valence-corrected chi connectivity index (χ3v) is 3.25. The lowest BCUT2D eigenvalue weighted by Crippen LogP contribution is -2.30. The van der Waals surface area contributed by atoms with Crippen molar-refractivity contribution in [1.82, 2.24) is 4.90 Å². The molecule has 2 rings (SSSR count). The van der Waals surface area contributed by atoms with E-state index in [1.807, 2.05) is 0 Å². The minimum atomic E-state index is -0.785. The summed E-state index contributed by atoms with van der Waals surface area (Å²) in [5.41, 5.74) is 5.12. The van der Waals surface area contributed by atoms with E-state index in [1.54, 1.807) is 4.90 Å². The predicted octanol–water partition coefficient (Wildman–Crippen LogP) is 1.15. The lowest BCUT2D eigenvalue weighted by atomic mass is 10.1. The Morgan fingerprint density at radius 3 is 2.84 bits per heavy atom. The Balaban J connectivity index is 2.22. The fourth-order valence-electron chi connectivity index (χ4n) is 2.20. The van der Waals surface area contributed by atoms with E-state index >= 15 is 0 Å². The van der Waals surface area contributed by atoms with Crippen molar-refractivity contribution in [2.75, 3.05) is 19.6 Å². The maximum absolute atomic E-state index is 13.3. The van der Waals surface area contributed by atoms with Crippen LogP contribution in [-0.4, -0.2) is 35.4 Å². The van der Waals surface area contributed by atoms with Gasteiger partial charge in [0.2, 0.25) is 0 Å². The van der Waals surface area contributed by atoms with Gasteiger partial charge in [0.15, 0.2) is 0 Å². The van der Waals surface area contributed by atoms with Gasteiger partial charge in [-0.1, -0.05) is 0 Å². The number of non-ortho nitro benzene ring substituents is 1. The smallest absolute Gasteiger partial charge is 0.273 e. The maximum Gasteiger partial charge on any atom is 0.273 e. The Hall–Kier alpha value is -2.02. The molecule has 0 aromatic heterocycles. The highest BCUT2D eigenvalue weighted by molar-refractivity contribution is 5.95. The zero-order valence-corrected chi connectivity index (χ0v) is 10.2. The number of rotatable bonds is 3. The zero-order valence-electron chi connectivity index (χ0n) is 10.2. The summed E-state index contributed by atoms with van der Waals surface area (Å²) < 4.78 is 13.3. The molecule has 19 heavy (non-hydrogen) atoms. The van der Waals surface area contributed by atoms with E-state index in [0.717, 1.165) is 24.6 Å². The maximum atomic E-state index is 13.3. The van der Waals surface area contributed by atoms with Crippen molar-refractivity contribution in [3.05, 3.63) is 39.7 Å². The first-order chi connectivity index (χ1) is 9.01. The second-order valence-electron chi connectivity index (χ2n) is 4.60. The summed E-state index contributed by atoms with van der Waals surface area (Å²) in [5, 5.41) is 10.6. The standard InChI is InChI=1S/C12H14FN3O3/c13-10-3-9(4-11(5-10)16(18)19)12(17)15-2-1-8(6-14)7-15/h3-5,8H,1-2,6-7,14H2. The van der Waals surface area contributed by atoms with E-state index < -0.39 is 22.3 Å². The number of carbonyl (C=O) groups is 1. The summed E-state index contributed by atoms with van der Waals surface area (Å²) in [7, 11) is 0. The molecule has 0 bridgehead atoms. The van der Waals surface area contributed by atoms with Crippen molar-refractivity contribution in [1.29, 1.82) is 0 Å². The molecule has 1 atom stereocenters. The van der Waals surface area contributed by atoms with Crippen LogP contribution in [0.25, 0.3) is 0 Å². The highest BCUT2D eigenvalue weighted by atomic mass is 19.1. The Bertz CT molecular complexity index is 521. The van der Waals surface area contributed by atoms with Crippen LogP contribution < -0.4 is 5.73 Å². The number of hydrogen-bond donors (Lipinski definition) is 1. The number of nitrogens with two attached hydrogens (primary N) is 1. The van der Waals surface area contributed by atoms with Crippen molar-refractivity contribution in [2.24, 2.45) is 11.7 Å². The number of benzene rings is 1. The second kappa shape index (κ2) is 5.31. The van der Waals surface area contributed by atoms with Crippen LogP contribution in [0.4, 0.5) is 10.1 Å². The third-order valence-electron chi connectivity index (χ3n) is 3.25. The highest BCUT2D eigenvalue weighted by Gasteiger charge is 2.27. The van der Waals surface area contributed by atoms with Gasteiger partial charge in [0, 0.05) is 24.7 Å². The van der Waals surface area contributed by atoms with Crippen LogP contribution in [-0.2, 0) is 0 Å². The van der Waals surface area contributed by atoms with Crippen molar-refractivity contribution in [3.63, 3.8) is 0 Å². The lowest BCUT2D eigenvalue weighted by Gasteiger charge is -2.16. The van der Waals surface area contributed by atoms with Gasteiger partial charge in [0.25, 0.3) is 11.6 Å². The summed E-state index contributed by atoms with van der Waals surface area (Å²) in [4.78, 5) is 23.6. The molecule has 1 aromatic rings. The first kappa shape index (κ1) is 13.4. The van der Waals surface area contributed by atoms with E-state index in [2.05, 4.69) is 0 Å². The largest absolute Gasteiger partial charge is 0.338 e. The van der Waals surface area contributed by atoms with Gasteiger partial charge in [-0.2, -0.15) is 0 Å². The molecule has 1 aromatic carbocycles. The number of hydrogen-bond acceptors (Lipinski definition) is 4. The molecular formula is C12H14FN3O3. The van der Waals surface area contributed by atoms with Crippen molar-refractivity contribution < 1.29 is 14.1 Å². The number of likely N-dealkylation sites (tertiary alicyclic amines) is 1. The average Bonchev–Trinajstić information content (AvgIpc) is 2.85. The van der Waals surface area contributed by atoms with E-state index in [9.17, 15) is 19.3 Å². The number of nitro groups is 1. The molecular weight excluding hydrogens is 253 g/mol. The molecule has 1 aliphatic rings. The molecule has 0 spiro atoms. The summed E-state index contributed by atoms with van der Waals surface area (Å²) in [6.07, 6.45) is 0.805. The molecule has 1 amide bonds. The van der Waals surface area contributed by atoms with E-state index in [0.29, 0.717) is 19.6 Å². The van der Waals surface area contributed by atoms with Crippen LogP contribution in [0, 0.1) is 21.8 Å². The molecule has 1 fully saturated rings. The number of halogens is 1. The van der Waals surface area contributed by atoms with Crippen molar-refractivity contribution >= 4 is 11.6 Å². The van der Waals surface area contributed by atoms with Crippen molar-refractivity contribution in [2.45, 2.75) is 6.42 Å². The second-order valence-corrected chi connectivity index (χ2v) is 4.60. The van der Waals surface area contributed by atoms with Crippen LogP contribution in [0.2, 0.25) is 0 Å². The number of nitrogens with zero attached hydrogens (tertiary/aromatic N) is 2. The lowest BCUT2D eigenvalue weighted by molar-refractivity contribution is -0.385. The first-order valence-corrected chi connectivity index (χ1v) is 5.95. The van der Waals surface area contributed by atoms with E-state index in [4.69, 9.17) is 5.73 Å². The fourth-order valence-corrected chi connectivity index (χ4v) is 2.20. The molecule has 7 heteroatoms. The van der Waals surface area contributed by atoms with Gasteiger partial charge in [-0.25, -0.2) is 4.39 Å². The summed E-state index contributed by atoms with van der Waals surface area (Å²) in [6.45, 7) is 1.55. The normalized spacial score (nSPS) is 18.6. The molecule has 1 unspecified atom stereocenters. The van der Waals surface area contributed by atoms with E-state index in [1.165, 1.54) is 0 Å². The van der Waals surface area contributed by atoms with Gasteiger partial charge >= 0.3 is 0 Å². The van der Waals surface area contributed by atoms with Crippen molar-refractivity contribution in [3.8, 4) is 0 Å². The van der Waals surface area contributed by atoms with Gasteiger partial charge in [-0.3, -0.25) is 14.9 Å². The van der Waals surface area contributed by atoms with Gasteiger partial charge in [-0.05, 0) is 24.9 Å². The van der Waals surface area contributed by atoms with Crippen LogP contribution >= 0.6 is 0 Å². The molecule has 0 saturated carbocycles.